The number of alkyl halides is 3. The first-order valence-electron chi connectivity index (χ1n) is 11.4. The third-order valence-electron chi connectivity index (χ3n) is 6.01. The number of carbonyl (C=O) groups excluding carboxylic acids is 1. The molecule has 3 aromatic rings. The van der Waals surface area contributed by atoms with E-state index in [4.69, 9.17) is 4.74 Å². The Labute approximate surface area is 210 Å². The van der Waals surface area contributed by atoms with Crippen LogP contribution in [0.4, 0.5) is 13.2 Å². The molecule has 0 spiro atoms. The molecule has 192 valence electrons. The third-order valence-corrected chi connectivity index (χ3v) is 6.01. The first kappa shape index (κ1) is 26.0. The predicted molar refractivity (Wildman–Crippen MR) is 129 cm³/mol. The minimum Gasteiger partial charge on any atom is -0.381 e. The van der Waals surface area contributed by atoms with E-state index in [-0.39, 0.29) is 24.3 Å². The molecular formula is C26H24F3N5O3. The van der Waals surface area contributed by atoms with Gasteiger partial charge in [-0.3, -0.25) is 14.6 Å². The maximum atomic E-state index is 13.3. The van der Waals surface area contributed by atoms with Crippen LogP contribution in [0.2, 0.25) is 0 Å². The summed E-state index contributed by atoms with van der Waals surface area (Å²) < 4.78 is 45.1. The first-order chi connectivity index (χ1) is 17.7. The van der Waals surface area contributed by atoms with Gasteiger partial charge in [-0.2, -0.15) is 23.4 Å². The van der Waals surface area contributed by atoms with Gasteiger partial charge in [-0.1, -0.05) is 36.4 Å². The summed E-state index contributed by atoms with van der Waals surface area (Å²) in [6.07, 6.45) is 0.236. The first-order valence-corrected chi connectivity index (χ1v) is 11.4. The molecule has 4 rings (SSSR count). The number of benzene rings is 1. The highest BCUT2D eigenvalue weighted by molar-refractivity contribution is 5.91. The van der Waals surface area contributed by atoms with Crippen LogP contribution in [0.1, 0.15) is 27.9 Å². The van der Waals surface area contributed by atoms with Crippen LogP contribution in [-0.2, 0) is 35.1 Å². The van der Waals surface area contributed by atoms with Crippen LogP contribution in [0.15, 0.2) is 87.7 Å². The van der Waals surface area contributed by atoms with Crippen molar-refractivity contribution < 1.29 is 22.7 Å². The second-order valence-corrected chi connectivity index (χ2v) is 8.55. The molecular weight excluding hydrogens is 487 g/mol. The number of amides is 1. The number of pyridine rings is 2. The van der Waals surface area contributed by atoms with E-state index in [1.54, 1.807) is 18.3 Å². The van der Waals surface area contributed by atoms with E-state index in [0.717, 1.165) is 17.3 Å². The molecule has 1 aliphatic rings. The maximum absolute atomic E-state index is 13.3. The highest BCUT2D eigenvalue weighted by Crippen LogP contribution is 2.33. The Morgan fingerprint density at radius 2 is 1.76 bits per heavy atom. The Kier molecular flexibility index (Phi) is 7.63. The summed E-state index contributed by atoms with van der Waals surface area (Å²) in [6, 6.07) is 13.7. The number of nitrogens with zero attached hydrogens (tertiary/aromatic N) is 3. The number of methoxy groups -OCH3 is 1. The fourth-order valence-electron chi connectivity index (χ4n) is 4.12. The van der Waals surface area contributed by atoms with Crippen molar-refractivity contribution in [3.63, 3.8) is 0 Å². The highest BCUT2D eigenvalue weighted by atomic mass is 19.4. The minimum atomic E-state index is -4.65. The van der Waals surface area contributed by atoms with Crippen LogP contribution < -0.4 is 10.9 Å². The van der Waals surface area contributed by atoms with Crippen molar-refractivity contribution in [2.24, 2.45) is 10.2 Å². The second-order valence-electron chi connectivity index (χ2n) is 8.55. The van der Waals surface area contributed by atoms with Crippen molar-refractivity contribution in [3.05, 3.63) is 111 Å². The summed E-state index contributed by atoms with van der Waals surface area (Å²) in [5, 5.41) is 10.6. The Balaban J connectivity index is 1.48. The van der Waals surface area contributed by atoms with E-state index in [0.29, 0.717) is 24.0 Å². The summed E-state index contributed by atoms with van der Waals surface area (Å²) in [5.74, 6) is -0.626. The van der Waals surface area contributed by atoms with E-state index in [2.05, 4.69) is 25.5 Å². The second kappa shape index (κ2) is 10.9. The normalized spacial score (nSPS) is 17.0. The molecule has 1 aliphatic heterocycles. The monoisotopic (exact) mass is 511 g/mol. The molecule has 2 N–H and O–H groups in total. The number of azo groups is 1. The van der Waals surface area contributed by atoms with Crippen LogP contribution in [0.5, 0.6) is 0 Å². The quantitative estimate of drug-likeness (QED) is 0.453. The average Bonchev–Trinajstić information content (AvgIpc) is 3.28. The van der Waals surface area contributed by atoms with Gasteiger partial charge in [0.15, 0.2) is 0 Å². The van der Waals surface area contributed by atoms with E-state index in [1.165, 1.54) is 25.4 Å². The summed E-state index contributed by atoms with van der Waals surface area (Å²) in [7, 11) is 1.41. The molecule has 8 nitrogen and oxygen atoms in total. The van der Waals surface area contributed by atoms with Crippen LogP contribution in [0.3, 0.4) is 0 Å². The fourth-order valence-corrected chi connectivity index (χ4v) is 4.12. The predicted octanol–water partition coefficient (Wildman–Crippen LogP) is 3.97. The van der Waals surface area contributed by atoms with Crippen molar-refractivity contribution >= 4 is 5.91 Å². The van der Waals surface area contributed by atoms with Crippen LogP contribution in [-0.4, -0.2) is 35.1 Å². The Morgan fingerprint density at radius 3 is 2.43 bits per heavy atom. The molecule has 1 unspecified atom stereocenters. The van der Waals surface area contributed by atoms with Crippen LogP contribution >= 0.6 is 0 Å². The highest BCUT2D eigenvalue weighted by Gasteiger charge is 2.45. The minimum absolute atomic E-state index is 0.137. The van der Waals surface area contributed by atoms with Crippen molar-refractivity contribution in [2.45, 2.75) is 31.1 Å². The molecule has 11 heteroatoms. The summed E-state index contributed by atoms with van der Waals surface area (Å²) in [4.78, 5) is 31.3. The van der Waals surface area contributed by atoms with Crippen LogP contribution in [0, 0.1) is 0 Å². The molecule has 0 saturated carbocycles. The van der Waals surface area contributed by atoms with Gasteiger partial charge in [-0.25, -0.2) is 0 Å². The number of halogens is 3. The number of hydrogen-bond acceptors (Lipinski definition) is 6. The smallest absolute Gasteiger partial charge is 0.381 e. The van der Waals surface area contributed by atoms with Gasteiger partial charge in [0, 0.05) is 43.6 Å². The van der Waals surface area contributed by atoms with Gasteiger partial charge in [0.1, 0.15) is 5.69 Å². The van der Waals surface area contributed by atoms with Crippen molar-refractivity contribution in [2.75, 3.05) is 13.7 Å². The molecule has 2 aromatic heterocycles. The number of aromatic nitrogens is 2. The van der Waals surface area contributed by atoms with Crippen LogP contribution in [0.25, 0.3) is 0 Å². The van der Waals surface area contributed by atoms with E-state index < -0.39 is 23.3 Å². The lowest BCUT2D eigenvalue weighted by Gasteiger charge is -2.26. The number of rotatable bonds is 9. The van der Waals surface area contributed by atoms with Crippen molar-refractivity contribution in [3.8, 4) is 0 Å². The SMILES string of the molecule is COCC1(C(=O)NCc2cccnc2C(F)(F)F)N=NC=C1Cc1ccc(Cc2ccc[nH]c2=O)cc1. The standard InChI is InChI=1S/C26H24F3N5O3/c1-37-16-25(24(36)32-14-20-5-3-10-30-22(20)26(27,28)29)21(15-33-34-25)13-18-8-6-17(7-9-18)12-19-4-2-11-31-23(19)35/h2-11,15H,12-14,16H2,1H3,(H,31,35)(H,32,36). The zero-order valence-corrected chi connectivity index (χ0v) is 19.9. The lowest BCUT2D eigenvalue weighted by Crippen LogP contribution is -2.49. The topological polar surface area (TPSA) is 109 Å². The Bertz CT molecular complexity index is 1380. The van der Waals surface area contributed by atoms with Gasteiger partial charge in [-0.05, 0) is 35.3 Å². The zero-order valence-electron chi connectivity index (χ0n) is 19.9. The summed E-state index contributed by atoms with van der Waals surface area (Å²) in [5.41, 5.74) is 0.116. The molecule has 1 aromatic carbocycles. The molecule has 0 fully saturated rings. The lowest BCUT2D eigenvalue weighted by molar-refractivity contribution is -0.142. The fraction of sp³-hybridized carbons (Fsp3) is 0.269. The van der Waals surface area contributed by atoms with Gasteiger partial charge in [-0.15, -0.1) is 0 Å². The lowest BCUT2D eigenvalue weighted by atomic mass is 9.86. The van der Waals surface area contributed by atoms with Crippen molar-refractivity contribution in [1.29, 1.82) is 0 Å². The number of nitrogens with one attached hydrogen (secondary N) is 2. The zero-order chi connectivity index (χ0) is 26.5. The largest absolute Gasteiger partial charge is 0.433 e. The van der Waals surface area contributed by atoms with E-state index in [1.807, 2.05) is 24.3 Å². The third kappa shape index (κ3) is 5.83. The summed E-state index contributed by atoms with van der Waals surface area (Å²) in [6.45, 7) is -0.523. The molecule has 3 heterocycles. The molecule has 0 radical (unpaired) electrons. The van der Waals surface area contributed by atoms with Gasteiger partial charge in [0.05, 0.1) is 12.8 Å². The Morgan fingerprint density at radius 1 is 1.05 bits per heavy atom. The van der Waals surface area contributed by atoms with Gasteiger partial charge < -0.3 is 15.0 Å². The molecule has 1 amide bonds. The molecule has 0 saturated heterocycles. The number of hydrogen-bond donors (Lipinski definition) is 2. The Hall–Kier alpha value is -4.12. The van der Waals surface area contributed by atoms with Gasteiger partial charge in [0.2, 0.25) is 5.54 Å². The molecule has 0 bridgehead atoms. The summed E-state index contributed by atoms with van der Waals surface area (Å²) >= 11 is 0. The number of carbonyl (C=O) groups is 1. The number of H-pyrrole nitrogens is 1. The average molecular weight is 512 g/mol. The van der Waals surface area contributed by atoms with Crippen molar-refractivity contribution in [1.82, 2.24) is 15.3 Å². The van der Waals surface area contributed by atoms with E-state index in [9.17, 15) is 22.8 Å². The van der Waals surface area contributed by atoms with Gasteiger partial charge >= 0.3 is 6.18 Å². The molecule has 0 aliphatic carbocycles. The number of aromatic amines is 1. The van der Waals surface area contributed by atoms with Gasteiger partial charge in [0.25, 0.3) is 11.5 Å². The number of ether oxygens (including phenoxy) is 1. The maximum Gasteiger partial charge on any atom is 0.433 e. The molecule has 37 heavy (non-hydrogen) atoms. The molecule has 1 atom stereocenters. The van der Waals surface area contributed by atoms with E-state index >= 15 is 0 Å².